The first-order chi connectivity index (χ1) is 28.7. The number of nitrogen functional groups attached to an aromatic ring is 1. The number of aryl methyl sites for hydroxylation is 1. The number of rotatable bonds is 8. The van der Waals surface area contributed by atoms with Crippen LogP contribution in [0.4, 0.5) is 10.2 Å². The van der Waals surface area contributed by atoms with Crippen molar-refractivity contribution in [3.8, 4) is 5.75 Å². The van der Waals surface area contributed by atoms with Crippen molar-refractivity contribution in [2.45, 2.75) is 61.8 Å². The first-order valence-electron chi connectivity index (χ1n) is 18.0. The third-order valence-electron chi connectivity index (χ3n) is 9.72. The highest BCUT2D eigenvalue weighted by Crippen LogP contribution is 2.64. The summed E-state index contributed by atoms with van der Waals surface area (Å²) in [6.45, 7) is -4.16. The molecule has 6 heterocycles. The van der Waals surface area contributed by atoms with Crippen molar-refractivity contribution in [1.82, 2.24) is 29.1 Å². The average Bonchev–Trinajstić information content (AvgIpc) is 3.89. The van der Waals surface area contributed by atoms with Gasteiger partial charge in [0.25, 0.3) is 5.56 Å². The maximum Gasteiger partial charge on any atom is 0.472 e. The van der Waals surface area contributed by atoms with Crippen molar-refractivity contribution in [3.63, 3.8) is 0 Å². The van der Waals surface area contributed by atoms with E-state index in [-0.39, 0.29) is 28.5 Å². The summed E-state index contributed by atoms with van der Waals surface area (Å²) in [6, 6.07) is 14.3. The molecule has 1 unspecified atom stereocenters. The van der Waals surface area contributed by atoms with Crippen LogP contribution in [0.25, 0.3) is 11.2 Å². The number of imidazole rings is 1. The minimum atomic E-state index is -5.20. The Hall–Kier alpha value is -4.64. The number of nitrogens with two attached hydrogens (primary N) is 1. The molecule has 21 nitrogen and oxygen atoms in total. The number of hydrogen-bond donors (Lipinski definition) is 3. The number of fused-ring (bicyclic) bond motifs is 4. The predicted octanol–water partition coefficient (Wildman–Crippen LogP) is 3.59. The molecule has 0 aliphatic carbocycles. The molecule has 0 spiro atoms. The highest BCUT2D eigenvalue weighted by atomic mass is 32.7. The van der Waals surface area contributed by atoms with Crippen molar-refractivity contribution < 1.29 is 60.3 Å². The number of esters is 1. The highest BCUT2D eigenvalue weighted by molar-refractivity contribution is 8.54. The van der Waals surface area contributed by atoms with Gasteiger partial charge in [0.2, 0.25) is 0 Å². The fourth-order valence-electron chi connectivity index (χ4n) is 6.72. The van der Waals surface area contributed by atoms with Gasteiger partial charge in [0.15, 0.2) is 30.1 Å². The van der Waals surface area contributed by atoms with E-state index in [2.05, 4.69) is 19.9 Å². The standard InChI is InChI=1S/C35H36FN7O14P2S/c1-18-3-7-20(8-4-18)34(45)53-21-9-5-19(6-10-21)15-60-59(49)52-13-22-25(36)28(32(54-22)43-17-40-26-30(37)38-16-39-31(26)43)56-58(47,48)51-14-23-27(57-59)29(50-2)33(55-23)42-12-11-24(44)41-35(42)46/h3-12,16-17,22-23,25,27-29,32-33H,13-15H2,1-2H3,(H,47,48)(H2,37,38,39)(H,41,44,46)/t22-,23-,25-,27-,28-,29-,32-,33-,59-/m1/s1. The van der Waals surface area contributed by atoms with Gasteiger partial charge in [0.05, 0.1) is 25.1 Å². The second-order valence-corrected chi connectivity index (χ2v) is 19.1. The van der Waals surface area contributed by atoms with Crippen LogP contribution in [-0.2, 0) is 47.2 Å². The smallest absolute Gasteiger partial charge is 0.423 e. The summed E-state index contributed by atoms with van der Waals surface area (Å²) in [7, 11) is -3.95. The predicted molar refractivity (Wildman–Crippen MR) is 208 cm³/mol. The molecule has 0 saturated carbocycles. The summed E-state index contributed by atoms with van der Waals surface area (Å²) in [5, 5.41) is 0. The van der Waals surface area contributed by atoms with Crippen LogP contribution in [0.15, 0.2) is 83.0 Å². The van der Waals surface area contributed by atoms with E-state index in [0.717, 1.165) is 28.7 Å². The first-order valence-corrected chi connectivity index (χ1v) is 22.7. The van der Waals surface area contributed by atoms with E-state index in [1.54, 1.807) is 48.5 Å². The normalized spacial score (nSPS) is 30.9. The molecule has 25 heteroatoms. The minimum Gasteiger partial charge on any atom is -0.423 e. The number of ether oxygens (including phenoxy) is 4. The van der Waals surface area contributed by atoms with Gasteiger partial charge in [0, 0.05) is 25.1 Å². The number of alkyl halides is 1. The van der Waals surface area contributed by atoms with Crippen molar-refractivity contribution in [2.24, 2.45) is 0 Å². The number of nitrogens with one attached hydrogen (secondary N) is 1. The lowest BCUT2D eigenvalue weighted by atomic mass is 10.1. The number of aromatic amines is 1. The molecule has 318 valence electrons. The molecule has 2 bridgehead atoms. The Bertz CT molecular complexity index is 2600. The Balaban J connectivity index is 1.09. The Morgan fingerprint density at radius 1 is 0.967 bits per heavy atom. The molecular weight excluding hydrogens is 855 g/mol. The quantitative estimate of drug-likeness (QED) is 0.114. The zero-order chi connectivity index (χ0) is 42.3. The van der Waals surface area contributed by atoms with Crippen LogP contribution in [0.3, 0.4) is 0 Å². The van der Waals surface area contributed by atoms with Gasteiger partial charge < -0.3 is 29.6 Å². The summed E-state index contributed by atoms with van der Waals surface area (Å²) in [5.41, 5.74) is 6.48. The van der Waals surface area contributed by atoms with Crippen molar-refractivity contribution in [2.75, 3.05) is 26.1 Å². The largest absolute Gasteiger partial charge is 0.472 e. The summed E-state index contributed by atoms with van der Waals surface area (Å²) >= 11 is 0.695. The molecule has 2 aromatic carbocycles. The van der Waals surface area contributed by atoms with Crippen LogP contribution in [0.1, 0.15) is 33.9 Å². The number of phosphoric acid groups is 1. The second kappa shape index (κ2) is 17.0. The van der Waals surface area contributed by atoms with E-state index in [9.17, 15) is 28.4 Å². The molecule has 3 aromatic heterocycles. The summed E-state index contributed by atoms with van der Waals surface area (Å²) in [4.78, 5) is 62.7. The van der Waals surface area contributed by atoms with E-state index < -0.39 is 94.2 Å². The van der Waals surface area contributed by atoms with Crippen molar-refractivity contribution in [1.29, 1.82) is 0 Å². The average molecular weight is 892 g/mol. The minimum absolute atomic E-state index is 0.000116. The summed E-state index contributed by atoms with van der Waals surface area (Å²) in [6.07, 6.45) is -9.15. The number of benzene rings is 2. The number of hydrogen-bond acceptors (Lipinski definition) is 18. The van der Waals surface area contributed by atoms with Crippen LogP contribution in [0, 0.1) is 6.92 Å². The summed E-state index contributed by atoms with van der Waals surface area (Å²) < 4.78 is 93.3. The van der Waals surface area contributed by atoms with Crippen LogP contribution in [0.5, 0.6) is 5.75 Å². The molecule has 5 aromatic rings. The van der Waals surface area contributed by atoms with E-state index in [4.69, 9.17) is 42.8 Å². The van der Waals surface area contributed by atoms with Gasteiger partial charge in [-0.2, -0.15) is 0 Å². The van der Waals surface area contributed by atoms with Gasteiger partial charge in [-0.25, -0.2) is 38.1 Å². The fourth-order valence-corrected chi connectivity index (χ4v) is 11.0. The molecule has 3 aliphatic heterocycles. The van der Waals surface area contributed by atoms with E-state index >= 15 is 4.39 Å². The topological polar surface area (TPSA) is 270 Å². The molecule has 8 rings (SSSR count). The highest BCUT2D eigenvalue weighted by Gasteiger charge is 2.55. The third kappa shape index (κ3) is 8.74. The zero-order valence-corrected chi connectivity index (χ0v) is 34.0. The number of aromatic nitrogens is 6. The first kappa shape index (κ1) is 42.1. The Labute approximate surface area is 342 Å². The van der Waals surface area contributed by atoms with E-state index in [1.165, 1.54) is 18.0 Å². The monoisotopic (exact) mass is 891 g/mol. The Morgan fingerprint density at radius 3 is 2.43 bits per heavy atom. The van der Waals surface area contributed by atoms with Crippen LogP contribution in [-0.4, -0.2) is 96.9 Å². The van der Waals surface area contributed by atoms with Gasteiger partial charge in [-0.1, -0.05) is 29.8 Å². The molecule has 0 radical (unpaired) electrons. The fraction of sp³-hybridized carbons (Fsp3) is 0.371. The molecule has 4 N–H and O–H groups in total. The van der Waals surface area contributed by atoms with Gasteiger partial charge in [-0.3, -0.25) is 37.0 Å². The third-order valence-corrected chi connectivity index (χ3v) is 14.4. The maximum absolute atomic E-state index is 16.4. The lowest BCUT2D eigenvalue weighted by Gasteiger charge is -2.28. The molecule has 0 amide bonds. The van der Waals surface area contributed by atoms with Gasteiger partial charge in [0.1, 0.15) is 48.1 Å². The number of methoxy groups -OCH3 is 1. The molecule has 60 heavy (non-hydrogen) atoms. The van der Waals surface area contributed by atoms with E-state index in [0.29, 0.717) is 22.5 Å². The van der Waals surface area contributed by atoms with Crippen molar-refractivity contribution >= 4 is 49.0 Å². The molecule has 3 fully saturated rings. The van der Waals surface area contributed by atoms with Crippen LogP contribution in [0.2, 0.25) is 0 Å². The number of carbonyl (C=O) groups is 1. The Morgan fingerprint density at radius 2 is 1.70 bits per heavy atom. The Kier molecular flexibility index (Phi) is 11.9. The van der Waals surface area contributed by atoms with Crippen molar-refractivity contribution in [3.05, 3.63) is 111 Å². The number of halogens is 1. The number of H-pyrrole nitrogens is 1. The number of phosphoric ester groups is 1. The van der Waals surface area contributed by atoms with Gasteiger partial charge in [-0.15, -0.1) is 0 Å². The van der Waals surface area contributed by atoms with E-state index in [1.807, 2.05) is 6.92 Å². The number of carbonyl (C=O) groups excluding carboxylic acids is 1. The van der Waals surface area contributed by atoms with Crippen LogP contribution >= 0.6 is 26.0 Å². The molecule has 3 aliphatic rings. The SMILES string of the molecule is CO[C@@H]1[C@@H]2O[P@](=O)(SCc3ccc(OC(=O)c4ccc(C)cc4)cc3)OC[C@H]3O[C@@H](n4cnc5c(N)ncnc54)[C@H](OP(=O)(O)OC[C@H]2O[C@H]1n1ccc(=O)[nH]c1=O)[C@@H]3F. The van der Waals surface area contributed by atoms with Gasteiger partial charge in [-0.05, 0) is 48.1 Å². The lowest BCUT2D eigenvalue weighted by Crippen LogP contribution is -2.40. The maximum atomic E-state index is 16.4. The lowest BCUT2D eigenvalue weighted by molar-refractivity contribution is -0.0677. The summed E-state index contributed by atoms with van der Waals surface area (Å²) in [5.74, 6) is -0.357. The second-order valence-electron chi connectivity index (χ2n) is 13.7. The van der Waals surface area contributed by atoms with Gasteiger partial charge >= 0.3 is 26.3 Å². The molecule has 3 saturated heterocycles. The molecule has 10 atom stereocenters. The molecular formula is C35H36FN7O14P2S. The zero-order valence-electron chi connectivity index (χ0n) is 31.4. The number of nitrogens with zero attached hydrogens (tertiary/aromatic N) is 5. The number of anilines is 1. The van der Waals surface area contributed by atoms with Crippen LogP contribution < -0.4 is 21.7 Å².